The number of nitriles is 1. The van der Waals surface area contributed by atoms with Gasteiger partial charge in [-0.25, -0.2) is 0 Å². The molecule has 5 nitrogen and oxygen atoms in total. The van der Waals surface area contributed by atoms with Crippen molar-refractivity contribution in [2.75, 3.05) is 26.2 Å². The number of carbonyl (C=O) groups is 1. The van der Waals surface area contributed by atoms with Crippen molar-refractivity contribution < 1.29 is 4.79 Å². The van der Waals surface area contributed by atoms with E-state index in [4.69, 9.17) is 5.26 Å². The highest BCUT2D eigenvalue weighted by molar-refractivity contribution is 5.79. The topological polar surface area (TPSA) is 68.2 Å². The highest BCUT2D eigenvalue weighted by Gasteiger charge is 2.30. The van der Waals surface area contributed by atoms with Crippen molar-refractivity contribution >= 4 is 5.91 Å². The van der Waals surface area contributed by atoms with Crippen LogP contribution >= 0.6 is 0 Å². The highest BCUT2D eigenvalue weighted by Crippen LogP contribution is 2.14. The van der Waals surface area contributed by atoms with Crippen LogP contribution in [0.3, 0.4) is 0 Å². The Bertz CT molecular complexity index is 336. The van der Waals surface area contributed by atoms with E-state index in [1.807, 2.05) is 13.8 Å². The van der Waals surface area contributed by atoms with Crippen molar-refractivity contribution in [2.45, 2.75) is 39.3 Å². The summed E-state index contributed by atoms with van der Waals surface area (Å²) in [7, 11) is 0. The SMILES string of the molecule is CC1CN(CC(=O)NC(C)(C#N)C(C)C)CCN1. The molecule has 0 aromatic carbocycles. The fourth-order valence-electron chi connectivity index (χ4n) is 1.99. The maximum atomic E-state index is 12.0. The largest absolute Gasteiger partial charge is 0.337 e. The first-order valence-corrected chi connectivity index (χ1v) is 6.55. The number of nitrogens with one attached hydrogen (secondary N) is 2. The van der Waals surface area contributed by atoms with Gasteiger partial charge < -0.3 is 10.6 Å². The van der Waals surface area contributed by atoms with Crippen molar-refractivity contribution in [1.82, 2.24) is 15.5 Å². The molecule has 1 aliphatic heterocycles. The van der Waals surface area contributed by atoms with E-state index in [9.17, 15) is 4.79 Å². The third kappa shape index (κ3) is 3.97. The Balaban J connectivity index is 2.48. The zero-order chi connectivity index (χ0) is 13.8. The third-order valence-electron chi connectivity index (χ3n) is 3.61. The third-order valence-corrected chi connectivity index (χ3v) is 3.61. The number of nitrogens with zero attached hydrogens (tertiary/aromatic N) is 2. The van der Waals surface area contributed by atoms with Gasteiger partial charge in [0.05, 0.1) is 12.6 Å². The van der Waals surface area contributed by atoms with Gasteiger partial charge in [-0.2, -0.15) is 5.26 Å². The van der Waals surface area contributed by atoms with Gasteiger partial charge in [-0.1, -0.05) is 13.8 Å². The molecule has 5 heteroatoms. The number of amides is 1. The Morgan fingerprint density at radius 1 is 1.67 bits per heavy atom. The van der Waals surface area contributed by atoms with Crippen molar-refractivity contribution in [3.05, 3.63) is 0 Å². The quantitative estimate of drug-likeness (QED) is 0.757. The lowest BCUT2D eigenvalue weighted by Crippen LogP contribution is -2.55. The second kappa shape index (κ2) is 6.17. The predicted molar refractivity (Wildman–Crippen MR) is 70.9 cm³/mol. The number of rotatable bonds is 4. The minimum atomic E-state index is -0.781. The molecule has 0 spiro atoms. The van der Waals surface area contributed by atoms with Crippen LogP contribution in [0.1, 0.15) is 27.7 Å². The van der Waals surface area contributed by atoms with Gasteiger partial charge >= 0.3 is 0 Å². The van der Waals surface area contributed by atoms with Crippen molar-refractivity contribution in [1.29, 1.82) is 5.26 Å². The fraction of sp³-hybridized carbons (Fsp3) is 0.846. The summed E-state index contributed by atoms with van der Waals surface area (Å²) >= 11 is 0. The Hall–Kier alpha value is -1.12. The first-order chi connectivity index (χ1) is 8.37. The summed E-state index contributed by atoms with van der Waals surface area (Å²) in [5.74, 6) is 0.0234. The van der Waals surface area contributed by atoms with E-state index in [-0.39, 0.29) is 11.8 Å². The normalized spacial score (nSPS) is 24.3. The average molecular weight is 252 g/mol. The summed E-state index contributed by atoms with van der Waals surface area (Å²) in [6.45, 7) is 10.8. The Kier molecular flexibility index (Phi) is 5.12. The van der Waals surface area contributed by atoms with E-state index >= 15 is 0 Å². The summed E-state index contributed by atoms with van der Waals surface area (Å²) in [6.07, 6.45) is 0. The summed E-state index contributed by atoms with van der Waals surface area (Å²) < 4.78 is 0. The van der Waals surface area contributed by atoms with E-state index in [1.54, 1.807) is 6.92 Å². The molecule has 18 heavy (non-hydrogen) atoms. The van der Waals surface area contributed by atoms with Crippen LogP contribution in [-0.2, 0) is 4.79 Å². The van der Waals surface area contributed by atoms with Gasteiger partial charge in [0.25, 0.3) is 0 Å². The van der Waals surface area contributed by atoms with Crippen molar-refractivity contribution in [2.24, 2.45) is 5.92 Å². The molecule has 102 valence electrons. The zero-order valence-electron chi connectivity index (χ0n) is 11.8. The summed E-state index contributed by atoms with van der Waals surface area (Å²) in [6, 6.07) is 2.61. The van der Waals surface area contributed by atoms with Crippen LogP contribution in [0.4, 0.5) is 0 Å². The minimum absolute atomic E-state index is 0.0677. The second-order valence-electron chi connectivity index (χ2n) is 5.61. The molecule has 0 saturated carbocycles. The molecule has 0 radical (unpaired) electrons. The molecule has 0 aromatic rings. The molecule has 2 N–H and O–H groups in total. The Labute approximate surface area is 110 Å². The molecule has 2 unspecified atom stereocenters. The highest BCUT2D eigenvalue weighted by atomic mass is 16.2. The van der Waals surface area contributed by atoms with Crippen molar-refractivity contribution in [3.8, 4) is 6.07 Å². The van der Waals surface area contributed by atoms with Gasteiger partial charge in [0.1, 0.15) is 5.54 Å². The van der Waals surface area contributed by atoms with Crippen LogP contribution in [0.15, 0.2) is 0 Å². The summed E-state index contributed by atoms with van der Waals surface area (Å²) in [5.41, 5.74) is -0.781. The lowest BCUT2D eigenvalue weighted by molar-refractivity contribution is -0.124. The van der Waals surface area contributed by atoms with Gasteiger partial charge in [0.15, 0.2) is 0 Å². The fourth-order valence-corrected chi connectivity index (χ4v) is 1.99. The Morgan fingerprint density at radius 3 is 2.83 bits per heavy atom. The first kappa shape index (κ1) is 14.9. The molecule has 1 heterocycles. The molecular weight excluding hydrogens is 228 g/mol. The number of piperazine rings is 1. The van der Waals surface area contributed by atoms with Crippen LogP contribution in [0.2, 0.25) is 0 Å². The molecule has 0 aliphatic carbocycles. The molecule has 1 rings (SSSR count). The molecule has 0 aromatic heterocycles. The summed E-state index contributed by atoms with van der Waals surface area (Å²) in [4.78, 5) is 14.1. The number of hydrogen-bond acceptors (Lipinski definition) is 4. The Morgan fingerprint density at radius 2 is 2.33 bits per heavy atom. The maximum Gasteiger partial charge on any atom is 0.235 e. The van der Waals surface area contributed by atoms with Gasteiger partial charge in [-0.15, -0.1) is 0 Å². The van der Waals surface area contributed by atoms with Crippen LogP contribution in [0.25, 0.3) is 0 Å². The smallest absolute Gasteiger partial charge is 0.235 e. The molecule has 1 aliphatic rings. The monoisotopic (exact) mass is 252 g/mol. The lowest BCUT2D eigenvalue weighted by Gasteiger charge is -2.33. The van der Waals surface area contributed by atoms with Crippen LogP contribution in [-0.4, -0.2) is 48.6 Å². The molecular formula is C13H24N4O. The predicted octanol–water partition coefficient (Wildman–Crippen LogP) is 0.335. The number of hydrogen-bond donors (Lipinski definition) is 2. The van der Waals surface area contributed by atoms with Gasteiger partial charge in [-0.05, 0) is 19.8 Å². The van der Waals surface area contributed by atoms with E-state index in [0.717, 1.165) is 19.6 Å². The molecule has 2 atom stereocenters. The maximum absolute atomic E-state index is 12.0. The standard InChI is InChI=1S/C13H24N4O/c1-10(2)13(4,9-14)16-12(18)8-17-6-5-15-11(3)7-17/h10-11,15H,5-8H2,1-4H3,(H,16,18). The average Bonchev–Trinajstić information content (AvgIpc) is 2.28. The van der Waals surface area contributed by atoms with Crippen molar-refractivity contribution in [3.63, 3.8) is 0 Å². The molecule has 1 amide bonds. The lowest BCUT2D eigenvalue weighted by atomic mass is 9.90. The summed E-state index contributed by atoms with van der Waals surface area (Å²) in [5, 5.41) is 15.3. The van der Waals surface area contributed by atoms with E-state index in [1.165, 1.54) is 0 Å². The molecule has 0 bridgehead atoms. The number of carbonyl (C=O) groups excluding carboxylic acids is 1. The van der Waals surface area contributed by atoms with E-state index in [0.29, 0.717) is 12.6 Å². The van der Waals surface area contributed by atoms with E-state index in [2.05, 4.69) is 28.5 Å². The molecule has 1 fully saturated rings. The van der Waals surface area contributed by atoms with Gasteiger partial charge in [0, 0.05) is 25.7 Å². The van der Waals surface area contributed by atoms with Crippen LogP contribution in [0.5, 0.6) is 0 Å². The first-order valence-electron chi connectivity index (χ1n) is 6.55. The second-order valence-corrected chi connectivity index (χ2v) is 5.61. The minimum Gasteiger partial charge on any atom is -0.337 e. The zero-order valence-corrected chi connectivity index (χ0v) is 11.8. The van der Waals surface area contributed by atoms with E-state index < -0.39 is 5.54 Å². The van der Waals surface area contributed by atoms with Crippen LogP contribution in [0, 0.1) is 17.2 Å². The van der Waals surface area contributed by atoms with Gasteiger partial charge in [-0.3, -0.25) is 9.69 Å². The van der Waals surface area contributed by atoms with Crippen LogP contribution < -0.4 is 10.6 Å². The van der Waals surface area contributed by atoms with Gasteiger partial charge in [0.2, 0.25) is 5.91 Å². The molecule has 1 saturated heterocycles.